The molecule has 4 fully saturated rings. The Kier molecular flexibility index (Phi) is 2.40. The zero-order valence-corrected chi connectivity index (χ0v) is 11.5. The minimum Gasteiger partial charge on any atom is -0.365 e. The van der Waals surface area contributed by atoms with Crippen LogP contribution in [0.2, 0.25) is 5.02 Å². The molecule has 0 radical (unpaired) electrons. The Bertz CT molecular complexity index is 457. The number of benzene rings is 1. The quantitative estimate of drug-likeness (QED) is 0.837. The molecule has 3 heteroatoms. The first-order chi connectivity index (χ1) is 8.70. The van der Waals surface area contributed by atoms with Crippen LogP contribution in [0.15, 0.2) is 18.2 Å². The van der Waals surface area contributed by atoms with Crippen LogP contribution < -0.4 is 10.2 Å². The lowest BCUT2D eigenvalue weighted by molar-refractivity contribution is 0.134. The Balaban J connectivity index is 1.72. The van der Waals surface area contributed by atoms with Crippen LogP contribution in [0.5, 0.6) is 0 Å². The molecule has 0 amide bonds. The molecule has 0 unspecified atom stereocenters. The summed E-state index contributed by atoms with van der Waals surface area (Å²) in [6.07, 6.45) is 5.26. The van der Waals surface area contributed by atoms with Gasteiger partial charge in [0.1, 0.15) is 0 Å². The number of nitrogens with one attached hydrogen (secondary N) is 1. The van der Waals surface area contributed by atoms with Gasteiger partial charge in [-0.15, -0.1) is 0 Å². The summed E-state index contributed by atoms with van der Waals surface area (Å²) in [7, 11) is 0. The predicted molar refractivity (Wildman–Crippen MR) is 75.4 cm³/mol. The zero-order chi connectivity index (χ0) is 12.3. The topological polar surface area (TPSA) is 15.3 Å². The largest absolute Gasteiger partial charge is 0.365 e. The molecule has 0 aromatic heterocycles. The summed E-state index contributed by atoms with van der Waals surface area (Å²) >= 11 is 6.08. The second-order valence-electron chi connectivity index (χ2n) is 6.15. The van der Waals surface area contributed by atoms with E-state index in [2.05, 4.69) is 29.3 Å². The van der Waals surface area contributed by atoms with Crippen LogP contribution >= 0.6 is 11.6 Å². The van der Waals surface area contributed by atoms with Crippen molar-refractivity contribution in [2.24, 2.45) is 0 Å². The number of piperidine rings is 4. The van der Waals surface area contributed by atoms with E-state index >= 15 is 0 Å². The summed E-state index contributed by atoms with van der Waals surface area (Å²) < 4.78 is 0. The van der Waals surface area contributed by atoms with Crippen molar-refractivity contribution in [1.82, 2.24) is 5.32 Å². The van der Waals surface area contributed by atoms with Crippen LogP contribution in [0.1, 0.15) is 31.2 Å². The molecule has 0 atom stereocenters. The Morgan fingerprint density at radius 3 is 2.28 bits per heavy atom. The summed E-state index contributed by atoms with van der Waals surface area (Å²) in [5, 5.41) is 4.61. The van der Waals surface area contributed by atoms with Gasteiger partial charge in [-0.2, -0.15) is 0 Å². The lowest BCUT2D eigenvalue weighted by Crippen LogP contribution is -2.67. The summed E-state index contributed by atoms with van der Waals surface area (Å²) in [5.41, 5.74) is 2.73. The van der Waals surface area contributed by atoms with Gasteiger partial charge in [0.25, 0.3) is 0 Å². The Labute approximate surface area is 113 Å². The third-order valence-corrected chi connectivity index (χ3v) is 5.16. The maximum absolute atomic E-state index is 6.08. The standard InChI is InChI=1S/C15H19ClN2/c1-9-4-10(16)2-3-15(9)18-13-5-11-6-14(18)8-12(7-13)17-11/h2-4,11-14,17H,5-8H2,1H3. The number of hydrogen-bond donors (Lipinski definition) is 1. The van der Waals surface area contributed by atoms with Gasteiger partial charge in [-0.1, -0.05) is 11.6 Å². The first kappa shape index (κ1) is 11.1. The van der Waals surface area contributed by atoms with Crippen molar-refractivity contribution >= 4 is 17.3 Å². The van der Waals surface area contributed by atoms with Crippen molar-refractivity contribution < 1.29 is 0 Å². The third-order valence-electron chi connectivity index (χ3n) is 4.92. The number of halogens is 1. The molecule has 0 aliphatic carbocycles. The van der Waals surface area contributed by atoms with E-state index in [1.165, 1.54) is 36.9 Å². The molecule has 96 valence electrons. The van der Waals surface area contributed by atoms with Crippen molar-refractivity contribution in [3.05, 3.63) is 28.8 Å². The maximum atomic E-state index is 6.08. The lowest BCUT2D eigenvalue weighted by Gasteiger charge is -2.58. The van der Waals surface area contributed by atoms with Crippen LogP contribution in [0.3, 0.4) is 0 Å². The number of hydrogen-bond acceptors (Lipinski definition) is 2. The highest BCUT2D eigenvalue weighted by Gasteiger charge is 2.46. The molecule has 4 aliphatic rings. The van der Waals surface area contributed by atoms with E-state index in [0.717, 1.165) is 29.2 Å². The lowest BCUT2D eigenvalue weighted by atomic mass is 9.74. The van der Waals surface area contributed by atoms with Crippen LogP contribution in [0, 0.1) is 6.92 Å². The second kappa shape index (κ2) is 3.88. The zero-order valence-electron chi connectivity index (χ0n) is 10.7. The van der Waals surface area contributed by atoms with Crippen molar-refractivity contribution in [3.8, 4) is 0 Å². The SMILES string of the molecule is Cc1cc(Cl)ccc1N1C2CC3CC1CC(C2)N3. The molecule has 1 aromatic carbocycles. The molecule has 1 N–H and O–H groups in total. The van der Waals surface area contributed by atoms with Gasteiger partial charge in [-0.05, 0) is 56.4 Å². The Morgan fingerprint density at radius 1 is 1.11 bits per heavy atom. The van der Waals surface area contributed by atoms with Gasteiger partial charge in [-0.3, -0.25) is 0 Å². The van der Waals surface area contributed by atoms with Gasteiger partial charge in [0, 0.05) is 34.9 Å². The summed E-state index contributed by atoms with van der Waals surface area (Å²) in [6, 6.07) is 9.38. The fourth-order valence-electron chi connectivity index (χ4n) is 4.36. The van der Waals surface area contributed by atoms with Crippen LogP contribution in [-0.2, 0) is 0 Å². The molecule has 4 heterocycles. The molecule has 5 rings (SSSR count). The number of nitrogens with zero attached hydrogens (tertiary/aromatic N) is 1. The third kappa shape index (κ3) is 1.59. The fourth-order valence-corrected chi connectivity index (χ4v) is 4.59. The van der Waals surface area contributed by atoms with E-state index in [1.54, 1.807) is 0 Å². The second-order valence-corrected chi connectivity index (χ2v) is 6.59. The maximum Gasteiger partial charge on any atom is 0.0410 e. The van der Waals surface area contributed by atoms with Gasteiger partial charge in [-0.25, -0.2) is 0 Å². The van der Waals surface area contributed by atoms with E-state index < -0.39 is 0 Å². The first-order valence-corrected chi connectivity index (χ1v) is 7.39. The number of aryl methyl sites for hydroxylation is 1. The van der Waals surface area contributed by atoms with E-state index in [0.29, 0.717) is 0 Å². The highest BCUT2D eigenvalue weighted by Crippen LogP contribution is 2.42. The summed E-state index contributed by atoms with van der Waals surface area (Å²) in [5.74, 6) is 0. The molecule has 18 heavy (non-hydrogen) atoms. The van der Waals surface area contributed by atoms with Crippen molar-refractivity contribution in [3.63, 3.8) is 0 Å². The molecule has 4 saturated heterocycles. The van der Waals surface area contributed by atoms with Gasteiger partial charge in [0.2, 0.25) is 0 Å². The highest BCUT2D eigenvalue weighted by molar-refractivity contribution is 6.30. The predicted octanol–water partition coefficient (Wildman–Crippen LogP) is 3.12. The molecule has 4 aliphatic heterocycles. The smallest absolute Gasteiger partial charge is 0.0410 e. The average molecular weight is 263 g/mol. The van der Waals surface area contributed by atoms with Gasteiger partial charge < -0.3 is 10.2 Å². The van der Waals surface area contributed by atoms with Crippen LogP contribution in [-0.4, -0.2) is 24.2 Å². The normalized spacial score (nSPS) is 37.3. The van der Waals surface area contributed by atoms with Gasteiger partial charge in [0.05, 0.1) is 0 Å². The Morgan fingerprint density at radius 2 is 1.72 bits per heavy atom. The number of anilines is 1. The van der Waals surface area contributed by atoms with E-state index in [9.17, 15) is 0 Å². The van der Waals surface area contributed by atoms with Crippen molar-refractivity contribution in [2.45, 2.75) is 56.8 Å². The number of rotatable bonds is 1. The molecule has 1 aromatic rings. The molecule has 2 nitrogen and oxygen atoms in total. The average Bonchev–Trinajstić information content (AvgIpc) is 2.30. The first-order valence-electron chi connectivity index (χ1n) is 7.01. The molecular weight excluding hydrogens is 244 g/mol. The highest BCUT2D eigenvalue weighted by atomic mass is 35.5. The monoisotopic (exact) mass is 262 g/mol. The molecule has 0 spiro atoms. The van der Waals surface area contributed by atoms with Crippen LogP contribution in [0.25, 0.3) is 0 Å². The van der Waals surface area contributed by atoms with Crippen molar-refractivity contribution in [1.29, 1.82) is 0 Å². The summed E-state index contributed by atoms with van der Waals surface area (Å²) in [4.78, 5) is 2.69. The fraction of sp³-hybridized carbons (Fsp3) is 0.600. The van der Waals surface area contributed by atoms with Crippen LogP contribution in [0.4, 0.5) is 5.69 Å². The Hall–Kier alpha value is -0.730. The van der Waals surface area contributed by atoms with E-state index in [1.807, 2.05) is 6.07 Å². The molecule has 4 bridgehead atoms. The van der Waals surface area contributed by atoms with Gasteiger partial charge in [0.15, 0.2) is 0 Å². The minimum absolute atomic E-state index is 0.744. The molecule has 0 saturated carbocycles. The molecular formula is C15H19ClN2. The van der Waals surface area contributed by atoms with Crippen molar-refractivity contribution in [2.75, 3.05) is 4.90 Å². The minimum atomic E-state index is 0.744. The van der Waals surface area contributed by atoms with E-state index in [-0.39, 0.29) is 0 Å². The summed E-state index contributed by atoms with van der Waals surface area (Å²) in [6.45, 7) is 2.19. The van der Waals surface area contributed by atoms with E-state index in [4.69, 9.17) is 11.6 Å². The van der Waals surface area contributed by atoms with Gasteiger partial charge >= 0.3 is 0 Å².